The van der Waals surface area contributed by atoms with Gasteiger partial charge in [0.25, 0.3) is 11.8 Å². The lowest BCUT2D eigenvalue weighted by Gasteiger charge is -2.11. The van der Waals surface area contributed by atoms with E-state index in [1.165, 1.54) is 31.4 Å². The van der Waals surface area contributed by atoms with Crippen LogP contribution >= 0.6 is 0 Å². The van der Waals surface area contributed by atoms with E-state index in [1.54, 1.807) is 24.3 Å². The van der Waals surface area contributed by atoms with Crippen molar-refractivity contribution in [3.05, 3.63) is 59.7 Å². The van der Waals surface area contributed by atoms with Crippen LogP contribution in [0.1, 0.15) is 18.1 Å². The van der Waals surface area contributed by atoms with E-state index in [2.05, 4.69) is 10.5 Å². The lowest BCUT2D eigenvalue weighted by Crippen LogP contribution is -2.20. The van der Waals surface area contributed by atoms with Crippen LogP contribution in [-0.4, -0.2) is 25.5 Å². The SMILES string of the molecule is COc1ccccc1NC(=O)CO/N=C(/N)c1cccc(C(C)(F)F)c1. The molecule has 0 heterocycles. The quantitative estimate of drug-likeness (QED) is 0.450. The molecule has 3 N–H and O–H groups in total. The summed E-state index contributed by atoms with van der Waals surface area (Å²) in [5.74, 6) is -3.08. The van der Waals surface area contributed by atoms with Gasteiger partial charge in [0, 0.05) is 18.1 Å². The molecular weight excluding hydrogens is 344 g/mol. The predicted octanol–water partition coefficient (Wildman–Crippen LogP) is 3.08. The number of para-hydroxylation sites is 2. The van der Waals surface area contributed by atoms with Gasteiger partial charge in [0.1, 0.15) is 5.75 Å². The maximum Gasteiger partial charge on any atom is 0.270 e. The van der Waals surface area contributed by atoms with Gasteiger partial charge in [-0.3, -0.25) is 4.79 Å². The minimum atomic E-state index is -2.99. The number of methoxy groups -OCH3 is 1. The van der Waals surface area contributed by atoms with Crippen LogP contribution in [0.3, 0.4) is 0 Å². The molecule has 0 saturated heterocycles. The molecule has 1 amide bonds. The van der Waals surface area contributed by atoms with Crippen molar-refractivity contribution in [1.82, 2.24) is 0 Å². The summed E-state index contributed by atoms with van der Waals surface area (Å²) in [6.07, 6.45) is 0. The zero-order valence-electron chi connectivity index (χ0n) is 14.3. The summed E-state index contributed by atoms with van der Waals surface area (Å²) >= 11 is 0. The summed E-state index contributed by atoms with van der Waals surface area (Å²) < 4.78 is 31.8. The lowest BCUT2D eigenvalue weighted by atomic mass is 10.1. The second-order valence-corrected chi connectivity index (χ2v) is 5.47. The molecule has 0 atom stereocenters. The Labute approximate surface area is 149 Å². The van der Waals surface area contributed by atoms with Crippen LogP contribution in [0, 0.1) is 0 Å². The third-order valence-electron chi connectivity index (χ3n) is 3.40. The van der Waals surface area contributed by atoms with Crippen molar-refractivity contribution < 1.29 is 23.1 Å². The van der Waals surface area contributed by atoms with Gasteiger partial charge in [-0.05, 0) is 18.2 Å². The second-order valence-electron chi connectivity index (χ2n) is 5.47. The van der Waals surface area contributed by atoms with Crippen molar-refractivity contribution in [3.63, 3.8) is 0 Å². The average molecular weight is 363 g/mol. The first kappa shape index (κ1) is 19.2. The largest absolute Gasteiger partial charge is 0.495 e. The minimum Gasteiger partial charge on any atom is -0.495 e. The predicted molar refractivity (Wildman–Crippen MR) is 94.3 cm³/mol. The molecule has 8 heteroatoms. The van der Waals surface area contributed by atoms with E-state index in [-0.39, 0.29) is 17.0 Å². The fraction of sp³-hybridized carbons (Fsp3) is 0.222. The number of carbonyl (C=O) groups excluding carboxylic acids is 1. The third-order valence-corrected chi connectivity index (χ3v) is 3.40. The van der Waals surface area contributed by atoms with Gasteiger partial charge in [0.05, 0.1) is 12.8 Å². The van der Waals surface area contributed by atoms with Crippen LogP contribution in [0.15, 0.2) is 53.7 Å². The number of nitrogens with one attached hydrogen (secondary N) is 1. The molecule has 0 aliphatic carbocycles. The highest BCUT2D eigenvalue weighted by Gasteiger charge is 2.24. The molecule has 0 saturated carbocycles. The molecule has 0 radical (unpaired) electrons. The molecule has 138 valence electrons. The summed E-state index contributed by atoms with van der Waals surface area (Å²) in [5.41, 5.74) is 6.28. The Hall–Kier alpha value is -3.16. The van der Waals surface area contributed by atoms with Gasteiger partial charge in [-0.2, -0.15) is 0 Å². The molecule has 2 aromatic carbocycles. The van der Waals surface area contributed by atoms with Crippen LogP contribution in [0.2, 0.25) is 0 Å². The summed E-state index contributed by atoms with van der Waals surface area (Å²) in [4.78, 5) is 16.8. The molecule has 26 heavy (non-hydrogen) atoms. The fourth-order valence-electron chi connectivity index (χ4n) is 2.10. The molecule has 0 bridgehead atoms. The Morgan fingerprint density at radius 2 is 1.96 bits per heavy atom. The zero-order valence-corrected chi connectivity index (χ0v) is 14.3. The van der Waals surface area contributed by atoms with Gasteiger partial charge in [0.15, 0.2) is 12.4 Å². The maximum absolute atomic E-state index is 13.3. The molecule has 0 aliphatic rings. The first-order valence-electron chi connectivity index (χ1n) is 7.68. The van der Waals surface area contributed by atoms with Gasteiger partial charge in [0.2, 0.25) is 0 Å². The minimum absolute atomic E-state index is 0.110. The number of alkyl halides is 2. The van der Waals surface area contributed by atoms with Gasteiger partial charge < -0.3 is 20.6 Å². The topological polar surface area (TPSA) is 85.9 Å². The van der Waals surface area contributed by atoms with Crippen LogP contribution < -0.4 is 15.8 Å². The first-order valence-corrected chi connectivity index (χ1v) is 7.68. The number of amidine groups is 1. The highest BCUT2D eigenvalue weighted by Crippen LogP contribution is 2.27. The number of rotatable bonds is 7. The maximum atomic E-state index is 13.3. The van der Waals surface area contributed by atoms with E-state index < -0.39 is 18.4 Å². The Balaban J connectivity index is 1.96. The number of hydrogen-bond acceptors (Lipinski definition) is 4. The summed E-state index contributed by atoms with van der Waals surface area (Å²) in [5, 5.41) is 6.20. The van der Waals surface area contributed by atoms with Gasteiger partial charge in [-0.15, -0.1) is 0 Å². The number of hydrogen-bond donors (Lipinski definition) is 2. The number of carbonyl (C=O) groups is 1. The van der Waals surface area contributed by atoms with E-state index >= 15 is 0 Å². The fourth-order valence-corrected chi connectivity index (χ4v) is 2.10. The first-order chi connectivity index (χ1) is 12.3. The number of ether oxygens (including phenoxy) is 1. The second kappa shape index (κ2) is 8.28. The van der Waals surface area contributed by atoms with Crippen LogP contribution in [0.25, 0.3) is 0 Å². The molecule has 0 unspecified atom stereocenters. The van der Waals surface area contributed by atoms with Crippen molar-refractivity contribution in [2.75, 3.05) is 19.0 Å². The van der Waals surface area contributed by atoms with Crippen molar-refractivity contribution in [2.24, 2.45) is 10.9 Å². The molecule has 2 rings (SSSR count). The standard InChI is InChI=1S/C18H19F2N3O3/c1-18(19,20)13-7-5-6-12(10-13)17(21)23-26-11-16(24)22-14-8-3-4-9-15(14)25-2/h3-10H,11H2,1-2H3,(H2,21,23)(H,22,24). The molecule has 0 fully saturated rings. The molecule has 0 aliphatic heterocycles. The Morgan fingerprint density at radius 1 is 1.23 bits per heavy atom. The number of nitrogens with zero attached hydrogens (tertiary/aromatic N) is 1. The number of oxime groups is 1. The van der Waals surface area contributed by atoms with E-state index in [0.717, 1.165) is 6.92 Å². The molecule has 0 aromatic heterocycles. The highest BCUT2D eigenvalue weighted by molar-refractivity contribution is 5.97. The number of halogens is 2. The highest BCUT2D eigenvalue weighted by atomic mass is 19.3. The monoisotopic (exact) mass is 363 g/mol. The number of nitrogens with two attached hydrogens (primary N) is 1. The number of amides is 1. The van der Waals surface area contributed by atoms with Gasteiger partial charge in [-0.1, -0.05) is 35.5 Å². The van der Waals surface area contributed by atoms with Gasteiger partial charge in [-0.25, -0.2) is 8.78 Å². The Bertz CT molecular complexity index is 804. The molecular formula is C18H19F2N3O3. The average Bonchev–Trinajstić information content (AvgIpc) is 2.61. The van der Waals surface area contributed by atoms with Crippen molar-refractivity contribution in [3.8, 4) is 5.75 Å². The third kappa shape index (κ3) is 5.17. The molecule has 2 aromatic rings. The molecule has 6 nitrogen and oxygen atoms in total. The van der Waals surface area contributed by atoms with Crippen molar-refractivity contribution >= 4 is 17.4 Å². The van der Waals surface area contributed by atoms with Crippen molar-refractivity contribution in [1.29, 1.82) is 0 Å². The summed E-state index contributed by atoms with van der Waals surface area (Å²) in [6, 6.07) is 12.4. The van der Waals surface area contributed by atoms with E-state index in [4.69, 9.17) is 15.3 Å². The van der Waals surface area contributed by atoms with Crippen LogP contribution in [0.5, 0.6) is 5.75 Å². The molecule has 0 spiro atoms. The van der Waals surface area contributed by atoms with E-state index in [9.17, 15) is 13.6 Å². The van der Waals surface area contributed by atoms with Crippen molar-refractivity contribution in [2.45, 2.75) is 12.8 Å². The van der Waals surface area contributed by atoms with E-state index in [1.807, 2.05) is 0 Å². The summed E-state index contributed by atoms with van der Waals surface area (Å²) in [7, 11) is 1.49. The Kier molecular flexibility index (Phi) is 6.11. The van der Waals surface area contributed by atoms with Gasteiger partial charge >= 0.3 is 0 Å². The van der Waals surface area contributed by atoms with E-state index in [0.29, 0.717) is 11.4 Å². The lowest BCUT2D eigenvalue weighted by molar-refractivity contribution is -0.120. The zero-order chi connectivity index (χ0) is 19.2. The van der Waals surface area contributed by atoms with Crippen LogP contribution in [-0.2, 0) is 15.6 Å². The summed E-state index contributed by atoms with van der Waals surface area (Å²) in [6.45, 7) is 0.389. The number of anilines is 1. The van der Waals surface area contributed by atoms with Crippen LogP contribution in [0.4, 0.5) is 14.5 Å². The smallest absolute Gasteiger partial charge is 0.270 e. The number of benzene rings is 2. The normalized spacial score (nSPS) is 11.8. The Morgan fingerprint density at radius 3 is 2.65 bits per heavy atom.